The van der Waals surface area contributed by atoms with E-state index in [0.29, 0.717) is 15.7 Å². The van der Waals surface area contributed by atoms with Crippen molar-refractivity contribution < 1.29 is 4.79 Å². The van der Waals surface area contributed by atoms with Gasteiger partial charge in [0.05, 0.1) is 16.5 Å². The maximum absolute atomic E-state index is 12.1. The highest BCUT2D eigenvalue weighted by molar-refractivity contribution is 8.03. The van der Waals surface area contributed by atoms with E-state index in [2.05, 4.69) is 15.5 Å². The number of amides is 1. The molecule has 4 nitrogen and oxygen atoms in total. The quantitative estimate of drug-likeness (QED) is 0.393. The molecule has 27 heavy (non-hydrogen) atoms. The monoisotopic (exact) mass is 475 g/mol. The van der Waals surface area contributed by atoms with Gasteiger partial charge >= 0.3 is 0 Å². The van der Waals surface area contributed by atoms with Crippen molar-refractivity contribution in [2.45, 2.75) is 14.4 Å². The van der Waals surface area contributed by atoms with E-state index in [-0.39, 0.29) is 11.7 Å². The number of rotatable bonds is 7. The molecule has 0 atom stereocenters. The van der Waals surface area contributed by atoms with Crippen LogP contribution in [0.5, 0.6) is 0 Å². The molecular weight excluding hydrogens is 465 g/mol. The summed E-state index contributed by atoms with van der Waals surface area (Å²) in [6.45, 7) is 0. The Labute approximate surface area is 184 Å². The van der Waals surface area contributed by atoms with Gasteiger partial charge in [0.2, 0.25) is 5.91 Å². The van der Waals surface area contributed by atoms with Gasteiger partial charge in [0.1, 0.15) is 0 Å². The predicted octanol–water partition coefficient (Wildman–Crippen LogP) is 6.52. The van der Waals surface area contributed by atoms with Crippen LogP contribution in [0.15, 0.2) is 51.1 Å². The SMILES string of the molecule is O=C(CSc1nnc(SCc2ccc(Cl)cc2)s1)Nc1cc(Cl)ccc1Cl. The smallest absolute Gasteiger partial charge is 0.234 e. The lowest BCUT2D eigenvalue weighted by Crippen LogP contribution is -2.14. The topological polar surface area (TPSA) is 54.9 Å². The van der Waals surface area contributed by atoms with Crippen LogP contribution in [0.4, 0.5) is 5.69 Å². The van der Waals surface area contributed by atoms with Crippen molar-refractivity contribution in [3.05, 3.63) is 63.1 Å². The second kappa shape index (κ2) is 10.0. The first-order valence-corrected chi connectivity index (χ1v) is 11.5. The molecule has 0 aliphatic carbocycles. The third kappa shape index (κ3) is 6.55. The third-order valence-electron chi connectivity index (χ3n) is 3.19. The Hall–Kier alpha value is -0.960. The lowest BCUT2D eigenvalue weighted by molar-refractivity contribution is -0.113. The molecule has 140 valence electrons. The number of halogens is 3. The van der Waals surface area contributed by atoms with E-state index in [9.17, 15) is 4.79 Å². The lowest BCUT2D eigenvalue weighted by Gasteiger charge is -2.06. The van der Waals surface area contributed by atoms with E-state index < -0.39 is 0 Å². The van der Waals surface area contributed by atoms with Crippen LogP contribution < -0.4 is 5.32 Å². The van der Waals surface area contributed by atoms with Gasteiger partial charge in [0, 0.05) is 15.8 Å². The van der Waals surface area contributed by atoms with Gasteiger partial charge in [-0.25, -0.2) is 0 Å². The Morgan fingerprint density at radius 1 is 0.963 bits per heavy atom. The Morgan fingerprint density at radius 2 is 1.63 bits per heavy atom. The van der Waals surface area contributed by atoms with Gasteiger partial charge in [-0.1, -0.05) is 81.8 Å². The first-order valence-electron chi connectivity index (χ1n) is 7.58. The van der Waals surface area contributed by atoms with E-state index in [1.807, 2.05) is 24.3 Å². The standard InChI is InChI=1S/C17H12Cl3N3OS3/c18-11-3-1-10(2-4-11)8-25-16-22-23-17(27-16)26-9-15(24)21-14-7-12(19)5-6-13(14)20/h1-7H,8-9H2,(H,21,24). The Morgan fingerprint density at radius 3 is 2.37 bits per heavy atom. The van der Waals surface area contributed by atoms with Gasteiger partial charge in [-0.3, -0.25) is 4.79 Å². The molecule has 3 rings (SSSR count). The number of nitrogens with one attached hydrogen (secondary N) is 1. The molecule has 1 aromatic heterocycles. The number of carbonyl (C=O) groups is 1. The second-order valence-corrected chi connectivity index (χ2v) is 9.91. The summed E-state index contributed by atoms with van der Waals surface area (Å²) in [7, 11) is 0. The third-order valence-corrected chi connectivity index (χ3v) is 7.27. The highest BCUT2D eigenvalue weighted by Crippen LogP contribution is 2.31. The van der Waals surface area contributed by atoms with E-state index in [1.165, 1.54) is 23.1 Å². The van der Waals surface area contributed by atoms with E-state index >= 15 is 0 Å². The number of nitrogens with zero attached hydrogens (tertiary/aromatic N) is 2. The summed E-state index contributed by atoms with van der Waals surface area (Å²) in [6.07, 6.45) is 0. The molecular formula is C17H12Cl3N3OS3. The first-order chi connectivity index (χ1) is 13.0. The van der Waals surface area contributed by atoms with Gasteiger partial charge in [-0.15, -0.1) is 10.2 Å². The molecule has 0 unspecified atom stereocenters. The lowest BCUT2D eigenvalue weighted by atomic mass is 10.2. The minimum atomic E-state index is -0.185. The van der Waals surface area contributed by atoms with Crippen molar-refractivity contribution in [1.82, 2.24) is 10.2 Å². The van der Waals surface area contributed by atoms with Gasteiger partial charge in [-0.2, -0.15) is 0 Å². The molecule has 0 fully saturated rings. The summed E-state index contributed by atoms with van der Waals surface area (Å²) in [5.41, 5.74) is 1.65. The van der Waals surface area contributed by atoms with Crippen molar-refractivity contribution in [3.8, 4) is 0 Å². The fourth-order valence-electron chi connectivity index (χ4n) is 1.95. The highest BCUT2D eigenvalue weighted by atomic mass is 35.5. The molecule has 0 radical (unpaired) electrons. The predicted molar refractivity (Wildman–Crippen MR) is 117 cm³/mol. The normalized spacial score (nSPS) is 10.8. The maximum Gasteiger partial charge on any atom is 0.234 e. The number of thioether (sulfide) groups is 2. The zero-order valence-electron chi connectivity index (χ0n) is 13.6. The van der Waals surface area contributed by atoms with Crippen LogP contribution in [-0.2, 0) is 10.5 Å². The zero-order valence-corrected chi connectivity index (χ0v) is 18.3. The van der Waals surface area contributed by atoms with Crippen LogP contribution in [0.25, 0.3) is 0 Å². The van der Waals surface area contributed by atoms with Gasteiger partial charge < -0.3 is 5.32 Å². The van der Waals surface area contributed by atoms with Gasteiger partial charge in [0.15, 0.2) is 8.68 Å². The summed E-state index contributed by atoms with van der Waals surface area (Å²) in [4.78, 5) is 12.1. The van der Waals surface area contributed by atoms with Crippen LogP contribution in [0.2, 0.25) is 15.1 Å². The van der Waals surface area contributed by atoms with Crippen LogP contribution in [0.3, 0.4) is 0 Å². The molecule has 3 aromatic rings. The highest BCUT2D eigenvalue weighted by Gasteiger charge is 2.11. The van der Waals surface area contributed by atoms with Crippen molar-refractivity contribution in [1.29, 1.82) is 0 Å². The van der Waals surface area contributed by atoms with Crippen molar-refractivity contribution in [3.63, 3.8) is 0 Å². The Bertz CT molecular complexity index is 935. The molecule has 10 heteroatoms. The fourth-order valence-corrected chi connectivity index (χ4v) is 5.19. The summed E-state index contributed by atoms with van der Waals surface area (Å²) < 4.78 is 1.59. The van der Waals surface area contributed by atoms with Crippen molar-refractivity contribution >= 4 is 81.3 Å². The largest absolute Gasteiger partial charge is 0.324 e. The van der Waals surface area contributed by atoms with E-state index in [1.54, 1.807) is 30.0 Å². The van der Waals surface area contributed by atoms with Crippen LogP contribution in [0.1, 0.15) is 5.56 Å². The molecule has 0 aliphatic rings. The molecule has 0 saturated heterocycles. The molecule has 1 amide bonds. The minimum absolute atomic E-state index is 0.185. The molecule has 0 aliphatic heterocycles. The Kier molecular flexibility index (Phi) is 7.69. The number of benzene rings is 2. The number of hydrogen-bond donors (Lipinski definition) is 1. The summed E-state index contributed by atoms with van der Waals surface area (Å²) in [6, 6.07) is 12.6. The average molecular weight is 477 g/mol. The van der Waals surface area contributed by atoms with Gasteiger partial charge in [0.25, 0.3) is 0 Å². The Balaban J connectivity index is 1.48. The molecule has 1 N–H and O–H groups in total. The van der Waals surface area contributed by atoms with E-state index in [0.717, 1.165) is 25.0 Å². The van der Waals surface area contributed by atoms with E-state index in [4.69, 9.17) is 34.8 Å². The molecule has 2 aromatic carbocycles. The number of hydrogen-bond acceptors (Lipinski definition) is 6. The molecule has 1 heterocycles. The average Bonchev–Trinajstić information content (AvgIpc) is 3.10. The first kappa shape index (κ1) is 20.8. The van der Waals surface area contributed by atoms with Crippen molar-refractivity contribution in [2.24, 2.45) is 0 Å². The van der Waals surface area contributed by atoms with Crippen LogP contribution in [0, 0.1) is 0 Å². The molecule has 0 bridgehead atoms. The fraction of sp³-hybridized carbons (Fsp3) is 0.118. The summed E-state index contributed by atoms with van der Waals surface area (Å²) >= 11 is 22.2. The van der Waals surface area contributed by atoms with Crippen molar-refractivity contribution in [2.75, 3.05) is 11.1 Å². The van der Waals surface area contributed by atoms with Crippen LogP contribution in [-0.4, -0.2) is 21.9 Å². The number of anilines is 1. The van der Waals surface area contributed by atoms with Gasteiger partial charge in [-0.05, 0) is 35.9 Å². The minimum Gasteiger partial charge on any atom is -0.324 e. The van der Waals surface area contributed by atoms with Crippen LogP contribution >= 0.6 is 69.7 Å². The number of aromatic nitrogens is 2. The second-order valence-electron chi connectivity index (χ2n) is 5.21. The maximum atomic E-state index is 12.1. The summed E-state index contributed by atoms with van der Waals surface area (Å²) in [5.74, 6) is 0.804. The summed E-state index contributed by atoms with van der Waals surface area (Å²) in [5, 5.41) is 12.7. The number of carbonyl (C=O) groups excluding carboxylic acids is 1. The zero-order chi connectivity index (χ0) is 19.2. The molecule has 0 spiro atoms. The molecule has 0 saturated carbocycles.